The normalized spacial score (nSPS) is 17.8. The number of nitrogens with one attached hydrogen (secondary N) is 2. The molecule has 1 aromatic heterocycles. The Morgan fingerprint density at radius 2 is 2.44 bits per heavy atom. The minimum atomic E-state index is -0.125. The molecule has 1 heterocycles. The topological polar surface area (TPSA) is 54.3 Å². The molecule has 0 spiro atoms. The monoisotopic (exact) mass is 222 g/mol. The molecular weight excluding hydrogens is 204 g/mol. The molecule has 2 N–H and O–H groups in total. The van der Waals surface area contributed by atoms with Gasteiger partial charge in [0.1, 0.15) is 5.76 Å². The summed E-state index contributed by atoms with van der Waals surface area (Å²) in [6.07, 6.45) is 5.27. The Morgan fingerprint density at radius 1 is 1.62 bits per heavy atom. The standard InChI is InChI=1S/C12H18N2O2/c1-9(14-10-4-2-5-10)12(15)13-8-11-6-3-7-16-11/h3,6-7,9-10,14H,2,4-5,8H2,1H3,(H,13,15). The van der Waals surface area contributed by atoms with Crippen LogP contribution >= 0.6 is 0 Å². The maximum absolute atomic E-state index is 11.7. The summed E-state index contributed by atoms with van der Waals surface area (Å²) in [7, 11) is 0. The van der Waals surface area contributed by atoms with Crippen LogP contribution in [0.1, 0.15) is 31.9 Å². The predicted octanol–water partition coefficient (Wildman–Crippen LogP) is 1.43. The van der Waals surface area contributed by atoms with Crippen molar-refractivity contribution in [3.8, 4) is 0 Å². The molecule has 1 aliphatic rings. The Hall–Kier alpha value is -1.29. The van der Waals surface area contributed by atoms with Gasteiger partial charge in [-0.05, 0) is 31.9 Å². The van der Waals surface area contributed by atoms with E-state index in [1.54, 1.807) is 6.26 Å². The van der Waals surface area contributed by atoms with Crippen molar-refractivity contribution in [2.75, 3.05) is 0 Å². The Labute approximate surface area is 95.4 Å². The molecule has 0 radical (unpaired) electrons. The van der Waals surface area contributed by atoms with Gasteiger partial charge in [-0.15, -0.1) is 0 Å². The van der Waals surface area contributed by atoms with Gasteiger partial charge in [0.05, 0.1) is 18.8 Å². The van der Waals surface area contributed by atoms with Gasteiger partial charge in [-0.2, -0.15) is 0 Å². The zero-order valence-corrected chi connectivity index (χ0v) is 9.53. The van der Waals surface area contributed by atoms with E-state index in [1.165, 1.54) is 19.3 Å². The molecule has 1 atom stereocenters. The van der Waals surface area contributed by atoms with Crippen LogP contribution in [0, 0.1) is 0 Å². The third-order valence-corrected chi connectivity index (χ3v) is 3.00. The van der Waals surface area contributed by atoms with Gasteiger partial charge in [0.15, 0.2) is 0 Å². The molecule has 1 fully saturated rings. The highest BCUT2D eigenvalue weighted by Gasteiger charge is 2.22. The fraction of sp³-hybridized carbons (Fsp3) is 0.583. The highest BCUT2D eigenvalue weighted by atomic mass is 16.3. The summed E-state index contributed by atoms with van der Waals surface area (Å²) in [6.45, 7) is 2.36. The Bertz CT molecular complexity index is 331. The lowest BCUT2D eigenvalue weighted by atomic mass is 9.92. The van der Waals surface area contributed by atoms with Crippen LogP contribution in [0.2, 0.25) is 0 Å². The first-order valence-corrected chi connectivity index (χ1v) is 5.82. The molecule has 2 rings (SSSR count). The van der Waals surface area contributed by atoms with Crippen LogP contribution < -0.4 is 10.6 Å². The largest absolute Gasteiger partial charge is 0.467 e. The lowest BCUT2D eigenvalue weighted by Gasteiger charge is -2.29. The van der Waals surface area contributed by atoms with E-state index in [0.29, 0.717) is 12.6 Å². The van der Waals surface area contributed by atoms with Crippen molar-refractivity contribution in [2.24, 2.45) is 0 Å². The maximum atomic E-state index is 11.7. The molecule has 1 saturated carbocycles. The fourth-order valence-corrected chi connectivity index (χ4v) is 1.74. The zero-order chi connectivity index (χ0) is 11.4. The quantitative estimate of drug-likeness (QED) is 0.792. The van der Waals surface area contributed by atoms with Crippen molar-refractivity contribution >= 4 is 5.91 Å². The van der Waals surface area contributed by atoms with Gasteiger partial charge in [0, 0.05) is 6.04 Å². The Morgan fingerprint density at radius 3 is 3.00 bits per heavy atom. The number of amides is 1. The first-order chi connectivity index (χ1) is 7.75. The van der Waals surface area contributed by atoms with Crippen LogP contribution in [-0.2, 0) is 11.3 Å². The number of carbonyl (C=O) groups excluding carboxylic acids is 1. The van der Waals surface area contributed by atoms with Crippen molar-refractivity contribution in [1.29, 1.82) is 0 Å². The van der Waals surface area contributed by atoms with Crippen LogP contribution in [0.3, 0.4) is 0 Å². The van der Waals surface area contributed by atoms with E-state index in [0.717, 1.165) is 5.76 Å². The van der Waals surface area contributed by atoms with E-state index < -0.39 is 0 Å². The molecule has 1 unspecified atom stereocenters. The summed E-state index contributed by atoms with van der Waals surface area (Å²) in [4.78, 5) is 11.7. The Kier molecular flexibility index (Phi) is 3.62. The lowest BCUT2D eigenvalue weighted by molar-refractivity contribution is -0.123. The summed E-state index contributed by atoms with van der Waals surface area (Å²) >= 11 is 0. The second kappa shape index (κ2) is 5.16. The van der Waals surface area contributed by atoms with Crippen molar-refractivity contribution in [3.05, 3.63) is 24.2 Å². The molecule has 88 valence electrons. The number of rotatable bonds is 5. The molecule has 0 aliphatic heterocycles. The first kappa shape index (κ1) is 11.2. The highest BCUT2D eigenvalue weighted by Crippen LogP contribution is 2.18. The van der Waals surface area contributed by atoms with Gasteiger partial charge >= 0.3 is 0 Å². The molecule has 0 bridgehead atoms. The van der Waals surface area contributed by atoms with Crippen LogP contribution in [0.5, 0.6) is 0 Å². The summed E-state index contributed by atoms with van der Waals surface area (Å²) < 4.78 is 5.14. The molecule has 1 aliphatic carbocycles. The zero-order valence-electron chi connectivity index (χ0n) is 9.53. The maximum Gasteiger partial charge on any atom is 0.237 e. The van der Waals surface area contributed by atoms with E-state index >= 15 is 0 Å². The van der Waals surface area contributed by atoms with Crippen molar-refractivity contribution in [1.82, 2.24) is 10.6 Å². The number of carbonyl (C=O) groups is 1. The summed E-state index contributed by atoms with van der Waals surface area (Å²) in [5.74, 6) is 0.812. The van der Waals surface area contributed by atoms with Crippen LogP contribution in [0.4, 0.5) is 0 Å². The predicted molar refractivity (Wildman–Crippen MR) is 60.8 cm³/mol. The third-order valence-electron chi connectivity index (χ3n) is 3.00. The molecule has 4 heteroatoms. The average molecular weight is 222 g/mol. The summed E-state index contributed by atoms with van der Waals surface area (Å²) in [5.41, 5.74) is 0. The smallest absolute Gasteiger partial charge is 0.237 e. The molecule has 0 saturated heterocycles. The molecule has 4 nitrogen and oxygen atoms in total. The molecule has 1 amide bonds. The number of hydrogen-bond acceptors (Lipinski definition) is 3. The first-order valence-electron chi connectivity index (χ1n) is 5.82. The SMILES string of the molecule is CC(NC1CCC1)C(=O)NCc1ccco1. The van der Waals surface area contributed by atoms with E-state index in [-0.39, 0.29) is 11.9 Å². The van der Waals surface area contributed by atoms with Gasteiger partial charge < -0.3 is 15.1 Å². The number of furan rings is 1. The van der Waals surface area contributed by atoms with Gasteiger partial charge in [-0.1, -0.05) is 6.42 Å². The van der Waals surface area contributed by atoms with E-state index in [2.05, 4.69) is 10.6 Å². The van der Waals surface area contributed by atoms with Crippen LogP contribution in [0.25, 0.3) is 0 Å². The number of hydrogen-bond donors (Lipinski definition) is 2. The Balaban J connectivity index is 1.70. The minimum absolute atomic E-state index is 0.0308. The van der Waals surface area contributed by atoms with Crippen molar-refractivity contribution in [3.63, 3.8) is 0 Å². The highest BCUT2D eigenvalue weighted by molar-refractivity contribution is 5.81. The van der Waals surface area contributed by atoms with Crippen LogP contribution in [0.15, 0.2) is 22.8 Å². The summed E-state index contributed by atoms with van der Waals surface area (Å²) in [5, 5.41) is 6.15. The molecular formula is C12H18N2O2. The molecule has 16 heavy (non-hydrogen) atoms. The van der Waals surface area contributed by atoms with Crippen molar-refractivity contribution in [2.45, 2.75) is 44.8 Å². The average Bonchev–Trinajstić information content (AvgIpc) is 2.72. The van der Waals surface area contributed by atoms with Gasteiger partial charge in [-0.25, -0.2) is 0 Å². The second-order valence-electron chi connectivity index (χ2n) is 4.31. The lowest BCUT2D eigenvalue weighted by Crippen LogP contribution is -2.48. The summed E-state index contributed by atoms with van der Waals surface area (Å²) in [6, 6.07) is 4.08. The minimum Gasteiger partial charge on any atom is -0.467 e. The van der Waals surface area contributed by atoms with Crippen LogP contribution in [-0.4, -0.2) is 18.0 Å². The van der Waals surface area contributed by atoms with Gasteiger partial charge in [-0.3, -0.25) is 4.79 Å². The van der Waals surface area contributed by atoms with Gasteiger partial charge in [0.25, 0.3) is 0 Å². The van der Waals surface area contributed by atoms with Gasteiger partial charge in [0.2, 0.25) is 5.91 Å². The fourth-order valence-electron chi connectivity index (χ4n) is 1.74. The molecule has 1 aromatic rings. The van der Waals surface area contributed by atoms with E-state index in [4.69, 9.17) is 4.42 Å². The molecule has 0 aromatic carbocycles. The van der Waals surface area contributed by atoms with E-state index in [1.807, 2.05) is 19.1 Å². The van der Waals surface area contributed by atoms with E-state index in [9.17, 15) is 4.79 Å². The second-order valence-corrected chi connectivity index (χ2v) is 4.31. The third kappa shape index (κ3) is 2.85. The van der Waals surface area contributed by atoms with Crippen molar-refractivity contribution < 1.29 is 9.21 Å².